The zero-order chi connectivity index (χ0) is 24.9. The van der Waals surface area contributed by atoms with Gasteiger partial charge in [-0.25, -0.2) is 4.79 Å². The number of aromatic nitrogens is 2. The number of carbonyl (C=O) groups is 1. The molecule has 0 aliphatic heterocycles. The van der Waals surface area contributed by atoms with Crippen molar-refractivity contribution in [2.24, 2.45) is 0 Å². The van der Waals surface area contributed by atoms with Gasteiger partial charge in [0.25, 0.3) is 0 Å². The molecule has 2 N–H and O–H groups in total. The lowest BCUT2D eigenvalue weighted by Crippen LogP contribution is -2.47. The fourth-order valence-corrected chi connectivity index (χ4v) is 10.6. The first-order valence-electron chi connectivity index (χ1n) is 12.0. The van der Waals surface area contributed by atoms with E-state index >= 15 is 0 Å². The normalized spacial score (nSPS) is 11.9. The van der Waals surface area contributed by atoms with Gasteiger partial charge in [0.2, 0.25) is 8.32 Å². The quantitative estimate of drug-likeness (QED) is 0.210. The molecule has 5 nitrogen and oxygen atoms in total. The highest BCUT2D eigenvalue weighted by Crippen LogP contribution is 2.42. The molecule has 0 amide bonds. The molecule has 0 aliphatic carbocycles. The standard InChI is InChI=1S/C18H29NOSi.C10H9NO2/c1-13(2)21(14(3)4,15(5)6)20-12-16-7-8-17-9-10-19-18(17)11-16;1-13-10(12)8-3-2-7-4-5-11-9(7)6-8/h7-11,13-15,19H,12H2,1-6H3;2-6,11H,1H3. The Bertz CT molecular complexity index is 1200. The minimum absolute atomic E-state index is 0.309. The zero-order valence-corrected chi connectivity index (χ0v) is 22.4. The van der Waals surface area contributed by atoms with Crippen LogP contribution in [0.3, 0.4) is 0 Å². The third kappa shape index (κ3) is 5.45. The van der Waals surface area contributed by atoms with E-state index in [1.165, 1.54) is 23.6 Å². The summed E-state index contributed by atoms with van der Waals surface area (Å²) in [5, 5.41) is 2.35. The topological polar surface area (TPSA) is 67.1 Å². The number of fused-ring (bicyclic) bond motifs is 2. The van der Waals surface area contributed by atoms with E-state index in [0.29, 0.717) is 22.2 Å². The number of benzene rings is 2. The molecular formula is C28H38N2O3Si. The number of ether oxygens (including phenoxy) is 1. The lowest BCUT2D eigenvalue weighted by Gasteiger charge is -2.42. The van der Waals surface area contributed by atoms with Crippen LogP contribution in [0.5, 0.6) is 0 Å². The second kappa shape index (κ2) is 11.1. The molecule has 0 aliphatic rings. The Morgan fingerprint density at radius 2 is 1.32 bits per heavy atom. The highest BCUT2D eigenvalue weighted by atomic mass is 28.4. The molecule has 4 aromatic rings. The van der Waals surface area contributed by atoms with E-state index in [9.17, 15) is 4.79 Å². The summed E-state index contributed by atoms with van der Waals surface area (Å²) >= 11 is 0. The fourth-order valence-electron chi connectivity index (χ4n) is 5.19. The van der Waals surface area contributed by atoms with Crippen molar-refractivity contribution >= 4 is 36.1 Å². The van der Waals surface area contributed by atoms with Crippen molar-refractivity contribution in [1.29, 1.82) is 0 Å². The van der Waals surface area contributed by atoms with Gasteiger partial charge >= 0.3 is 5.97 Å². The van der Waals surface area contributed by atoms with Crippen LogP contribution in [0.15, 0.2) is 60.9 Å². The molecule has 6 heteroatoms. The number of rotatable bonds is 7. The van der Waals surface area contributed by atoms with Crippen molar-refractivity contribution in [3.63, 3.8) is 0 Å². The molecule has 2 aromatic heterocycles. The number of H-pyrrole nitrogens is 2. The molecule has 0 unspecified atom stereocenters. The molecule has 0 bridgehead atoms. The molecule has 2 aromatic carbocycles. The Morgan fingerprint density at radius 1 is 0.794 bits per heavy atom. The van der Waals surface area contributed by atoms with Crippen LogP contribution >= 0.6 is 0 Å². The van der Waals surface area contributed by atoms with E-state index in [1.807, 2.05) is 24.5 Å². The van der Waals surface area contributed by atoms with Crippen molar-refractivity contribution < 1.29 is 14.0 Å². The van der Waals surface area contributed by atoms with Gasteiger partial charge < -0.3 is 19.1 Å². The van der Waals surface area contributed by atoms with Crippen LogP contribution in [0.2, 0.25) is 16.6 Å². The Balaban J connectivity index is 0.000000212. The van der Waals surface area contributed by atoms with Crippen molar-refractivity contribution in [3.8, 4) is 0 Å². The summed E-state index contributed by atoms with van der Waals surface area (Å²) in [6.45, 7) is 14.7. The lowest BCUT2D eigenvalue weighted by molar-refractivity contribution is 0.0601. The molecule has 34 heavy (non-hydrogen) atoms. The lowest BCUT2D eigenvalue weighted by atomic mass is 10.2. The van der Waals surface area contributed by atoms with Gasteiger partial charge in [-0.1, -0.05) is 59.7 Å². The smallest absolute Gasteiger partial charge is 0.337 e. The van der Waals surface area contributed by atoms with Crippen molar-refractivity contribution in [1.82, 2.24) is 9.97 Å². The van der Waals surface area contributed by atoms with Crippen LogP contribution in [-0.4, -0.2) is 31.4 Å². The second-order valence-electron chi connectivity index (χ2n) is 9.78. The van der Waals surface area contributed by atoms with Crippen molar-refractivity contribution in [2.45, 2.75) is 64.8 Å². The zero-order valence-electron chi connectivity index (χ0n) is 21.4. The van der Waals surface area contributed by atoms with E-state index in [2.05, 4.69) is 80.5 Å². The third-order valence-corrected chi connectivity index (χ3v) is 12.9. The average molecular weight is 479 g/mol. The van der Waals surface area contributed by atoms with E-state index in [1.54, 1.807) is 12.1 Å². The van der Waals surface area contributed by atoms with Crippen LogP contribution in [0, 0.1) is 0 Å². The van der Waals surface area contributed by atoms with Crippen LogP contribution in [-0.2, 0) is 15.8 Å². The number of hydrogen-bond acceptors (Lipinski definition) is 3. The Kier molecular flexibility index (Phi) is 8.39. The summed E-state index contributed by atoms with van der Waals surface area (Å²) in [6, 6.07) is 16.1. The summed E-state index contributed by atoms with van der Waals surface area (Å²) in [7, 11) is -0.396. The molecule has 0 saturated carbocycles. The van der Waals surface area contributed by atoms with Gasteiger partial charge in [-0.3, -0.25) is 0 Å². The van der Waals surface area contributed by atoms with Gasteiger partial charge in [0, 0.05) is 23.4 Å². The van der Waals surface area contributed by atoms with E-state index in [0.717, 1.165) is 17.5 Å². The van der Waals surface area contributed by atoms with Gasteiger partial charge in [-0.05, 0) is 63.3 Å². The minimum Gasteiger partial charge on any atom is -0.465 e. The van der Waals surface area contributed by atoms with Gasteiger partial charge in [-0.2, -0.15) is 0 Å². The maximum atomic E-state index is 11.1. The van der Waals surface area contributed by atoms with E-state index in [-0.39, 0.29) is 5.97 Å². The molecule has 0 radical (unpaired) electrons. The van der Waals surface area contributed by atoms with Gasteiger partial charge in [-0.15, -0.1) is 0 Å². The van der Waals surface area contributed by atoms with Gasteiger partial charge in [0.1, 0.15) is 0 Å². The number of methoxy groups -OCH3 is 1. The summed E-state index contributed by atoms with van der Waals surface area (Å²) in [5.41, 5.74) is 5.87. The van der Waals surface area contributed by atoms with Crippen LogP contribution in [0.4, 0.5) is 0 Å². The van der Waals surface area contributed by atoms with Crippen LogP contribution in [0.1, 0.15) is 57.5 Å². The predicted molar refractivity (Wildman–Crippen MR) is 144 cm³/mol. The number of carbonyl (C=O) groups excluding carboxylic acids is 1. The number of nitrogens with one attached hydrogen (secondary N) is 2. The Hall–Kier alpha value is -2.83. The summed E-state index contributed by atoms with van der Waals surface area (Å²) in [4.78, 5) is 17.5. The third-order valence-electron chi connectivity index (χ3n) is 6.79. The monoisotopic (exact) mass is 478 g/mol. The van der Waals surface area contributed by atoms with Gasteiger partial charge in [0.15, 0.2) is 0 Å². The molecule has 2 heterocycles. The van der Waals surface area contributed by atoms with Gasteiger partial charge in [0.05, 0.1) is 19.3 Å². The molecule has 0 saturated heterocycles. The van der Waals surface area contributed by atoms with E-state index in [4.69, 9.17) is 4.43 Å². The number of aromatic amines is 2. The second-order valence-corrected chi connectivity index (χ2v) is 15.2. The van der Waals surface area contributed by atoms with Crippen molar-refractivity contribution in [3.05, 3.63) is 72.1 Å². The largest absolute Gasteiger partial charge is 0.465 e. The summed E-state index contributed by atoms with van der Waals surface area (Å²) < 4.78 is 11.3. The molecule has 182 valence electrons. The molecule has 4 rings (SSSR count). The maximum absolute atomic E-state index is 11.1. The number of hydrogen-bond donors (Lipinski definition) is 2. The SMILES string of the molecule is CC(C)[Si](OCc1ccc2cc[nH]c2c1)(C(C)C)C(C)C.COC(=O)c1ccc2cc[nH]c2c1. The molecular weight excluding hydrogens is 440 g/mol. The average Bonchev–Trinajstić information content (AvgIpc) is 3.47. The summed E-state index contributed by atoms with van der Waals surface area (Å²) in [6.07, 6.45) is 3.83. The fraction of sp³-hybridized carbons (Fsp3) is 0.393. The highest BCUT2D eigenvalue weighted by Gasteiger charge is 2.44. The van der Waals surface area contributed by atoms with E-state index < -0.39 is 8.32 Å². The first-order valence-corrected chi connectivity index (χ1v) is 14.2. The first kappa shape index (κ1) is 25.8. The first-order chi connectivity index (χ1) is 16.2. The summed E-state index contributed by atoms with van der Waals surface area (Å²) in [5.74, 6) is -0.309. The van der Waals surface area contributed by atoms with Crippen LogP contribution < -0.4 is 0 Å². The maximum Gasteiger partial charge on any atom is 0.337 e. The molecule has 0 spiro atoms. The Morgan fingerprint density at radius 3 is 1.85 bits per heavy atom. The number of esters is 1. The minimum atomic E-state index is -1.77. The predicted octanol–water partition coefficient (Wildman–Crippen LogP) is 7.81. The Labute approximate surface area is 204 Å². The van der Waals surface area contributed by atoms with Crippen molar-refractivity contribution in [2.75, 3.05) is 7.11 Å². The highest BCUT2D eigenvalue weighted by molar-refractivity contribution is 6.77. The molecule has 0 fully saturated rings. The molecule has 0 atom stereocenters. The van der Waals surface area contributed by atoms with Crippen LogP contribution in [0.25, 0.3) is 21.8 Å².